The Morgan fingerprint density at radius 3 is 2.64 bits per heavy atom. The SMILES string of the molecule is COc1ccc2nc3c(nc2c1)O[C@H]1CN(C(=O)[C@H](C(C)(C)C)NC(=O)O[C@]2(CCF)C[C@H]2CCCCC3)[C@H](C(C)=O)[C@@H]1C. The molecule has 44 heavy (non-hydrogen) atoms. The third-order valence-corrected chi connectivity index (χ3v) is 9.50. The molecule has 1 aromatic heterocycles. The maximum atomic E-state index is 14.2. The van der Waals surface area contributed by atoms with Crippen LogP contribution < -0.4 is 14.8 Å². The number of methoxy groups -OCH3 is 1. The molecule has 2 fully saturated rings. The fourth-order valence-electron chi connectivity index (χ4n) is 6.88. The molecule has 2 aliphatic heterocycles. The summed E-state index contributed by atoms with van der Waals surface area (Å²) in [7, 11) is 1.59. The van der Waals surface area contributed by atoms with Crippen LogP contribution in [-0.2, 0) is 20.7 Å². The van der Waals surface area contributed by atoms with Crippen LogP contribution in [0.2, 0.25) is 0 Å². The highest BCUT2D eigenvalue weighted by Crippen LogP contribution is 2.52. The number of nitrogens with zero attached hydrogens (tertiary/aromatic N) is 3. The highest BCUT2D eigenvalue weighted by Gasteiger charge is 2.57. The number of hydrogen-bond donors (Lipinski definition) is 1. The van der Waals surface area contributed by atoms with E-state index < -0.39 is 47.9 Å². The molecule has 2 amide bonds. The Balaban J connectivity index is 1.52. The van der Waals surface area contributed by atoms with Crippen molar-refractivity contribution < 1.29 is 33.0 Å². The lowest BCUT2D eigenvalue weighted by Gasteiger charge is -2.35. The standard InChI is InChI=1S/C33H45FN4O6/c1-19-26-18-38(27(19)20(2)39)30(40)28(32(3,4)5)37-31(41)44-33(14-15-34)17-21(33)10-8-7-9-11-24-29(43-26)36-25-16-22(42-6)12-13-23(25)35-24/h12-13,16,19,21,26-28H,7-11,14-15,17-18H2,1-6H3,(H,37,41)/t19-,21-,26+,27+,28-,33-/m1/s1. The number of hydrogen-bond acceptors (Lipinski definition) is 8. The molecule has 1 N–H and O–H groups in total. The summed E-state index contributed by atoms with van der Waals surface area (Å²) in [6, 6.07) is 3.79. The van der Waals surface area contributed by atoms with Crippen molar-refractivity contribution in [2.45, 2.75) is 103 Å². The Morgan fingerprint density at radius 2 is 1.95 bits per heavy atom. The van der Waals surface area contributed by atoms with Crippen LogP contribution in [0.15, 0.2) is 18.2 Å². The molecule has 3 aliphatic rings. The van der Waals surface area contributed by atoms with Crippen LogP contribution in [0.25, 0.3) is 11.0 Å². The van der Waals surface area contributed by atoms with E-state index in [9.17, 15) is 18.8 Å². The molecule has 3 heterocycles. The number of fused-ring (bicyclic) bond motifs is 5. The van der Waals surface area contributed by atoms with Crippen molar-refractivity contribution >= 4 is 28.8 Å². The number of aromatic nitrogens is 2. The summed E-state index contributed by atoms with van der Waals surface area (Å²) in [5, 5.41) is 2.79. The van der Waals surface area contributed by atoms with E-state index in [1.165, 1.54) is 11.8 Å². The molecule has 0 unspecified atom stereocenters. The number of carbonyl (C=O) groups excluding carboxylic acids is 3. The van der Waals surface area contributed by atoms with Crippen molar-refractivity contribution in [3.8, 4) is 11.6 Å². The Labute approximate surface area is 258 Å². The highest BCUT2D eigenvalue weighted by molar-refractivity contribution is 5.92. The number of ether oxygens (including phenoxy) is 3. The fourth-order valence-corrected chi connectivity index (χ4v) is 6.88. The van der Waals surface area contributed by atoms with Gasteiger partial charge in [0.05, 0.1) is 37.4 Å². The number of rotatable bonds is 4. The molecule has 11 heteroatoms. The monoisotopic (exact) mass is 612 g/mol. The van der Waals surface area contributed by atoms with Crippen LogP contribution in [0.4, 0.5) is 9.18 Å². The lowest BCUT2D eigenvalue weighted by molar-refractivity contribution is -0.141. The molecule has 5 rings (SSSR count). The minimum Gasteiger partial charge on any atom is -0.497 e. The molecule has 1 aromatic carbocycles. The molecule has 240 valence electrons. The molecule has 0 radical (unpaired) electrons. The molecule has 1 aliphatic carbocycles. The molecule has 0 spiro atoms. The third kappa shape index (κ3) is 6.47. The van der Waals surface area contributed by atoms with Crippen LogP contribution in [0.3, 0.4) is 0 Å². The Bertz CT molecular complexity index is 1410. The van der Waals surface area contributed by atoms with Crippen molar-refractivity contribution in [3.05, 3.63) is 23.9 Å². The van der Waals surface area contributed by atoms with Crippen LogP contribution in [0.5, 0.6) is 11.6 Å². The van der Waals surface area contributed by atoms with Gasteiger partial charge in [0.1, 0.15) is 29.2 Å². The predicted octanol–water partition coefficient (Wildman–Crippen LogP) is 5.20. The predicted molar refractivity (Wildman–Crippen MR) is 162 cm³/mol. The van der Waals surface area contributed by atoms with Crippen molar-refractivity contribution in [2.24, 2.45) is 17.3 Å². The summed E-state index contributed by atoms with van der Waals surface area (Å²) in [5.74, 6) is 0.201. The Hall–Kier alpha value is -3.50. The quantitative estimate of drug-likeness (QED) is 0.501. The molecule has 1 saturated carbocycles. The normalized spacial score (nSPS) is 29.8. The molecule has 10 nitrogen and oxygen atoms in total. The van der Waals surface area contributed by atoms with Gasteiger partial charge in [0, 0.05) is 24.3 Å². The third-order valence-electron chi connectivity index (χ3n) is 9.50. The van der Waals surface area contributed by atoms with E-state index in [1.807, 2.05) is 45.9 Å². The second-order valence-corrected chi connectivity index (χ2v) is 13.7. The number of ketones is 1. The van der Waals surface area contributed by atoms with Crippen LogP contribution >= 0.6 is 0 Å². The lowest BCUT2D eigenvalue weighted by atomic mass is 9.85. The number of Topliss-reactive ketones (excluding diaryl/α,β-unsaturated/α-hetero) is 1. The number of halogens is 1. The molecule has 2 bridgehead atoms. The molecule has 6 atom stereocenters. The van der Waals surface area contributed by atoms with Gasteiger partial charge in [0.2, 0.25) is 11.8 Å². The zero-order valence-electron chi connectivity index (χ0n) is 26.7. The second kappa shape index (κ2) is 12.5. The maximum Gasteiger partial charge on any atom is 0.408 e. The van der Waals surface area contributed by atoms with Gasteiger partial charge in [-0.3, -0.25) is 14.0 Å². The number of carbonyl (C=O) groups is 3. The van der Waals surface area contributed by atoms with Gasteiger partial charge in [-0.2, -0.15) is 0 Å². The Morgan fingerprint density at radius 1 is 1.18 bits per heavy atom. The molecular formula is C33H45FN4O6. The number of alkyl halides is 1. The van der Waals surface area contributed by atoms with E-state index in [2.05, 4.69) is 5.32 Å². The van der Waals surface area contributed by atoms with Crippen molar-refractivity contribution in [1.29, 1.82) is 0 Å². The van der Waals surface area contributed by atoms with Gasteiger partial charge < -0.3 is 24.4 Å². The molecule has 2 aromatic rings. The topological polar surface area (TPSA) is 120 Å². The zero-order valence-corrected chi connectivity index (χ0v) is 26.7. The van der Waals surface area contributed by atoms with Gasteiger partial charge in [-0.05, 0) is 50.2 Å². The van der Waals surface area contributed by atoms with E-state index in [1.54, 1.807) is 7.11 Å². The van der Waals surface area contributed by atoms with Gasteiger partial charge >= 0.3 is 6.09 Å². The first-order chi connectivity index (χ1) is 20.9. The minimum atomic E-state index is -0.982. The van der Waals surface area contributed by atoms with Gasteiger partial charge in [-0.1, -0.05) is 40.5 Å². The summed E-state index contributed by atoms with van der Waals surface area (Å²) in [6.07, 6.45) is 3.57. The van der Waals surface area contributed by atoms with Crippen LogP contribution in [0, 0.1) is 17.3 Å². The fraction of sp³-hybridized carbons (Fsp3) is 0.667. The maximum absolute atomic E-state index is 14.2. The summed E-state index contributed by atoms with van der Waals surface area (Å²) in [5.41, 5.74) is 0.522. The van der Waals surface area contributed by atoms with Crippen molar-refractivity contribution in [2.75, 3.05) is 20.3 Å². The van der Waals surface area contributed by atoms with E-state index in [0.717, 1.165) is 36.9 Å². The van der Waals surface area contributed by atoms with Gasteiger partial charge in [-0.25, -0.2) is 14.8 Å². The summed E-state index contributed by atoms with van der Waals surface area (Å²) in [4.78, 5) is 51.7. The summed E-state index contributed by atoms with van der Waals surface area (Å²) < 4.78 is 31.4. The van der Waals surface area contributed by atoms with E-state index in [0.29, 0.717) is 30.0 Å². The zero-order chi connectivity index (χ0) is 31.8. The van der Waals surface area contributed by atoms with E-state index in [4.69, 9.17) is 24.2 Å². The number of aryl methyl sites for hydroxylation is 1. The molecule has 1 saturated heterocycles. The molecular weight excluding hydrogens is 567 g/mol. The highest BCUT2D eigenvalue weighted by atomic mass is 19.1. The van der Waals surface area contributed by atoms with Crippen molar-refractivity contribution in [3.63, 3.8) is 0 Å². The number of nitrogens with one attached hydrogen (secondary N) is 1. The number of amides is 2. The second-order valence-electron chi connectivity index (χ2n) is 13.7. The van der Waals surface area contributed by atoms with Crippen LogP contribution in [-0.4, -0.2) is 76.8 Å². The van der Waals surface area contributed by atoms with Gasteiger partial charge in [-0.15, -0.1) is 0 Å². The Kier molecular flexibility index (Phi) is 9.05. The summed E-state index contributed by atoms with van der Waals surface area (Å²) >= 11 is 0. The number of benzene rings is 1. The van der Waals surface area contributed by atoms with Gasteiger partial charge in [0.25, 0.3) is 0 Å². The average Bonchev–Trinajstić information content (AvgIpc) is 3.51. The first-order valence-corrected chi connectivity index (χ1v) is 15.7. The minimum absolute atomic E-state index is 0.0725. The smallest absolute Gasteiger partial charge is 0.408 e. The number of alkyl carbamates (subject to hydrolysis) is 1. The van der Waals surface area contributed by atoms with Gasteiger partial charge in [0.15, 0.2) is 5.78 Å². The van der Waals surface area contributed by atoms with E-state index in [-0.39, 0.29) is 30.6 Å². The average molecular weight is 613 g/mol. The van der Waals surface area contributed by atoms with Crippen molar-refractivity contribution in [1.82, 2.24) is 20.2 Å². The lowest BCUT2D eigenvalue weighted by Crippen LogP contribution is -2.57. The first-order valence-electron chi connectivity index (χ1n) is 15.7. The largest absolute Gasteiger partial charge is 0.497 e. The van der Waals surface area contributed by atoms with E-state index >= 15 is 0 Å². The summed E-state index contributed by atoms with van der Waals surface area (Å²) in [6.45, 7) is 8.45. The van der Waals surface area contributed by atoms with Crippen LogP contribution in [0.1, 0.15) is 78.8 Å². The first kappa shape index (κ1) is 31.9.